The van der Waals surface area contributed by atoms with Crippen LogP contribution in [0.1, 0.15) is 11.1 Å². The zero-order valence-electron chi connectivity index (χ0n) is 28.4. The van der Waals surface area contributed by atoms with Crippen LogP contribution in [0.2, 0.25) is 0 Å². The molecule has 0 bridgehead atoms. The molecule has 52 heavy (non-hydrogen) atoms. The summed E-state index contributed by atoms with van der Waals surface area (Å²) in [5, 5.41) is 9.59. The Kier molecular flexibility index (Phi) is 7.18. The quantitative estimate of drug-likeness (QED) is 0.130. The zero-order chi connectivity index (χ0) is 34.4. The molecule has 0 unspecified atom stereocenters. The van der Waals surface area contributed by atoms with Crippen LogP contribution in [0.4, 0.5) is 17.1 Å². The van der Waals surface area contributed by atoms with Crippen molar-refractivity contribution in [2.24, 2.45) is 0 Å². The van der Waals surface area contributed by atoms with E-state index in [1.165, 1.54) is 32.3 Å². The van der Waals surface area contributed by atoms with Crippen LogP contribution in [0.3, 0.4) is 0 Å². The predicted octanol–water partition coefficient (Wildman–Crippen LogP) is 14.4. The highest BCUT2D eigenvalue weighted by atomic mass is 16.3. The van der Waals surface area contributed by atoms with Crippen LogP contribution >= 0.6 is 0 Å². The van der Waals surface area contributed by atoms with Crippen molar-refractivity contribution in [2.75, 3.05) is 4.90 Å². The van der Waals surface area contributed by atoms with Gasteiger partial charge < -0.3 is 9.32 Å². The molecule has 1 heterocycles. The van der Waals surface area contributed by atoms with E-state index < -0.39 is 0 Å². The van der Waals surface area contributed by atoms with Crippen molar-refractivity contribution < 1.29 is 4.42 Å². The number of hydrogen-bond acceptors (Lipinski definition) is 2. The summed E-state index contributed by atoms with van der Waals surface area (Å²) in [6, 6.07) is 67.4. The summed E-state index contributed by atoms with van der Waals surface area (Å²) in [6.45, 7) is 0. The fourth-order valence-corrected chi connectivity index (χ4v) is 7.67. The zero-order valence-corrected chi connectivity index (χ0v) is 28.4. The summed E-state index contributed by atoms with van der Waals surface area (Å²) < 4.78 is 6.40. The Balaban J connectivity index is 1.18. The van der Waals surface area contributed by atoms with Crippen molar-refractivity contribution in [3.63, 3.8) is 0 Å². The van der Waals surface area contributed by atoms with Gasteiger partial charge in [0.25, 0.3) is 0 Å². The van der Waals surface area contributed by atoms with Gasteiger partial charge in [-0.25, -0.2) is 0 Å². The average Bonchev–Trinajstić information content (AvgIpc) is 3.56. The number of benzene rings is 9. The third kappa shape index (κ3) is 5.21. The Morgan fingerprint density at radius 3 is 1.94 bits per heavy atom. The summed E-state index contributed by atoms with van der Waals surface area (Å²) in [5.41, 5.74) is 9.65. The molecule has 10 aromatic rings. The van der Waals surface area contributed by atoms with E-state index in [0.717, 1.165) is 61.3 Å². The third-order valence-corrected chi connectivity index (χ3v) is 10.2. The van der Waals surface area contributed by atoms with Crippen molar-refractivity contribution >= 4 is 83.5 Å². The molecule has 0 atom stereocenters. The fourth-order valence-electron chi connectivity index (χ4n) is 7.67. The second-order valence-corrected chi connectivity index (χ2v) is 13.4. The lowest BCUT2D eigenvalue weighted by molar-refractivity contribution is 0.669. The van der Waals surface area contributed by atoms with Gasteiger partial charge >= 0.3 is 0 Å². The van der Waals surface area contributed by atoms with Gasteiger partial charge in [0.15, 0.2) is 0 Å². The van der Waals surface area contributed by atoms with Gasteiger partial charge in [-0.15, -0.1) is 0 Å². The Bertz CT molecular complexity index is 2970. The van der Waals surface area contributed by atoms with Gasteiger partial charge in [-0.05, 0) is 97.5 Å². The molecule has 10 rings (SSSR count). The molecule has 0 aliphatic carbocycles. The third-order valence-electron chi connectivity index (χ3n) is 10.2. The largest absolute Gasteiger partial charge is 0.456 e. The Hall–Kier alpha value is -6.90. The van der Waals surface area contributed by atoms with Crippen LogP contribution in [-0.4, -0.2) is 0 Å². The number of anilines is 3. The van der Waals surface area contributed by atoms with Gasteiger partial charge in [0.05, 0.1) is 11.4 Å². The lowest BCUT2D eigenvalue weighted by Gasteiger charge is -2.29. The maximum Gasteiger partial charge on any atom is 0.136 e. The van der Waals surface area contributed by atoms with Crippen molar-refractivity contribution in [1.82, 2.24) is 0 Å². The molecule has 0 saturated heterocycles. The first kappa shape index (κ1) is 30.0. The minimum atomic E-state index is 0.890. The van der Waals surface area contributed by atoms with Crippen LogP contribution in [0.15, 0.2) is 192 Å². The smallest absolute Gasteiger partial charge is 0.136 e. The Labute approximate surface area is 302 Å². The molecular formula is C50H33NO. The summed E-state index contributed by atoms with van der Waals surface area (Å²) in [7, 11) is 0. The van der Waals surface area contributed by atoms with Crippen LogP contribution in [0.5, 0.6) is 0 Å². The predicted molar refractivity (Wildman–Crippen MR) is 222 cm³/mol. The van der Waals surface area contributed by atoms with Gasteiger partial charge in [-0.2, -0.15) is 0 Å². The molecule has 0 saturated carbocycles. The van der Waals surface area contributed by atoms with Gasteiger partial charge in [-0.3, -0.25) is 0 Å². The maximum absolute atomic E-state index is 6.40. The molecule has 1 aromatic heterocycles. The molecule has 0 amide bonds. The average molecular weight is 664 g/mol. The maximum atomic E-state index is 6.40. The molecule has 2 heteroatoms. The number of furan rings is 1. The fraction of sp³-hybridized carbons (Fsp3) is 0. The summed E-state index contributed by atoms with van der Waals surface area (Å²) in [4.78, 5) is 2.42. The van der Waals surface area contributed by atoms with E-state index in [2.05, 4.69) is 205 Å². The van der Waals surface area contributed by atoms with Crippen LogP contribution in [0, 0.1) is 0 Å². The number of fused-ring (bicyclic) bond motifs is 7. The number of para-hydroxylation sites is 2. The normalized spacial score (nSPS) is 11.8. The lowest BCUT2D eigenvalue weighted by Crippen LogP contribution is -2.12. The molecule has 9 aromatic carbocycles. The second kappa shape index (κ2) is 12.5. The van der Waals surface area contributed by atoms with Crippen molar-refractivity contribution in [2.45, 2.75) is 0 Å². The number of nitrogens with zero attached hydrogens (tertiary/aromatic N) is 1. The first-order valence-corrected chi connectivity index (χ1v) is 17.8. The van der Waals surface area contributed by atoms with Crippen LogP contribution in [0.25, 0.3) is 77.5 Å². The van der Waals surface area contributed by atoms with E-state index in [-0.39, 0.29) is 0 Å². The standard InChI is InChI=1S/C50H33NO/c1-2-12-34(13-3-1)22-23-36-15-7-10-20-47(36)51(41-27-28-43-39(30-41)25-24-35-14-6-8-18-42(35)43)48-21-11-9-19-44(48)40-26-29-49-45(32-40)46-31-37-16-4-5-17-38(37)33-50(46)52-49/h1-33H/b23-22-. The first-order chi connectivity index (χ1) is 25.8. The molecule has 2 nitrogen and oxygen atoms in total. The minimum Gasteiger partial charge on any atom is -0.456 e. The SMILES string of the molecule is C(=C/c1ccccc1N(c1ccc2c(ccc3ccccc32)c1)c1ccccc1-c1ccc2oc3cc4ccccc4cc3c2c1)/c1ccccc1. The van der Waals surface area contributed by atoms with Crippen molar-refractivity contribution in [1.29, 1.82) is 0 Å². The van der Waals surface area contributed by atoms with E-state index in [9.17, 15) is 0 Å². The number of rotatable bonds is 6. The molecule has 244 valence electrons. The molecular weight excluding hydrogens is 631 g/mol. The van der Waals surface area contributed by atoms with Crippen LogP contribution < -0.4 is 4.90 Å². The highest BCUT2D eigenvalue weighted by molar-refractivity contribution is 6.12. The van der Waals surface area contributed by atoms with Crippen molar-refractivity contribution in [3.8, 4) is 11.1 Å². The van der Waals surface area contributed by atoms with Gasteiger partial charge in [0.2, 0.25) is 0 Å². The monoisotopic (exact) mass is 663 g/mol. The minimum absolute atomic E-state index is 0.890. The first-order valence-electron chi connectivity index (χ1n) is 17.8. The Morgan fingerprint density at radius 1 is 0.385 bits per heavy atom. The van der Waals surface area contributed by atoms with Gasteiger partial charge in [0.1, 0.15) is 11.2 Å². The van der Waals surface area contributed by atoms with Gasteiger partial charge in [-0.1, -0.05) is 152 Å². The van der Waals surface area contributed by atoms with E-state index in [0.29, 0.717) is 0 Å². The molecule has 0 N–H and O–H groups in total. The lowest BCUT2D eigenvalue weighted by atomic mass is 9.97. The van der Waals surface area contributed by atoms with E-state index in [4.69, 9.17) is 4.42 Å². The Morgan fingerprint density at radius 2 is 1.06 bits per heavy atom. The molecule has 0 radical (unpaired) electrons. The van der Waals surface area contributed by atoms with E-state index >= 15 is 0 Å². The molecule has 0 spiro atoms. The topological polar surface area (TPSA) is 16.4 Å². The summed E-state index contributed by atoms with van der Waals surface area (Å²) >= 11 is 0. The van der Waals surface area contributed by atoms with E-state index in [1.54, 1.807) is 0 Å². The molecule has 0 fully saturated rings. The van der Waals surface area contributed by atoms with Crippen molar-refractivity contribution in [3.05, 3.63) is 199 Å². The highest BCUT2D eigenvalue weighted by Crippen LogP contribution is 2.45. The highest BCUT2D eigenvalue weighted by Gasteiger charge is 2.20. The van der Waals surface area contributed by atoms with Crippen LogP contribution in [-0.2, 0) is 0 Å². The second-order valence-electron chi connectivity index (χ2n) is 13.4. The number of hydrogen-bond donors (Lipinski definition) is 0. The van der Waals surface area contributed by atoms with Gasteiger partial charge in [0, 0.05) is 22.0 Å². The van der Waals surface area contributed by atoms with E-state index in [1.807, 2.05) is 0 Å². The summed E-state index contributed by atoms with van der Waals surface area (Å²) in [5.74, 6) is 0. The molecule has 0 aliphatic rings. The summed E-state index contributed by atoms with van der Waals surface area (Å²) in [6.07, 6.45) is 4.42. The molecule has 0 aliphatic heterocycles.